The summed E-state index contributed by atoms with van der Waals surface area (Å²) in [6, 6.07) is 0. The highest BCUT2D eigenvalue weighted by molar-refractivity contribution is 7.90. The highest BCUT2D eigenvalue weighted by atomic mass is 32.2. The summed E-state index contributed by atoms with van der Waals surface area (Å²) in [4.78, 5) is 0. The van der Waals surface area contributed by atoms with E-state index in [1.807, 2.05) is 0 Å². The third kappa shape index (κ3) is 5.75. The second kappa shape index (κ2) is 5.89. The molecule has 6 nitrogen and oxygen atoms in total. The first-order valence-electron chi connectivity index (χ1n) is 4.13. The monoisotopic (exact) mass is 268 g/mol. The van der Waals surface area contributed by atoms with Crippen molar-refractivity contribution in [3.8, 4) is 11.8 Å². The van der Waals surface area contributed by atoms with Gasteiger partial charge in [-0.1, -0.05) is 12.0 Å². The lowest BCUT2D eigenvalue weighted by Gasteiger charge is -2.08. The Hall–Kier alpha value is -1.04. The molecule has 0 aliphatic heterocycles. The molecule has 0 spiro atoms. The minimum Gasteiger partial charge on any atom is -0.390 e. The van der Waals surface area contributed by atoms with E-state index in [4.69, 9.17) is 4.55 Å². The zero-order chi connectivity index (χ0) is 12.8. The van der Waals surface area contributed by atoms with Crippen molar-refractivity contribution in [2.45, 2.75) is 19.1 Å². The van der Waals surface area contributed by atoms with Crippen LogP contribution in [0.2, 0.25) is 0 Å². The molecule has 0 rings (SSSR count). The van der Waals surface area contributed by atoms with Gasteiger partial charge >= 0.3 is 10.1 Å². The lowest BCUT2D eigenvalue weighted by Crippen LogP contribution is -2.28. The third-order valence-corrected chi connectivity index (χ3v) is 3.67. The number of allylic oxidation sites excluding steroid dienone is 1. The molecule has 8 heteroatoms. The minimum absolute atomic E-state index is 0.893. The number of hydrogen-bond acceptors (Lipinski definition) is 5. The average Bonchev–Trinajstić information content (AvgIpc) is 2.12. The molecule has 92 valence electrons. The first kappa shape index (κ1) is 15.0. The Bertz CT molecular complexity index is 502. The average molecular weight is 268 g/mol. The zero-order valence-electron chi connectivity index (χ0n) is 8.74. The van der Waals surface area contributed by atoms with Crippen molar-refractivity contribution in [1.29, 1.82) is 0 Å². The van der Waals surface area contributed by atoms with Crippen LogP contribution in [-0.2, 0) is 24.4 Å². The van der Waals surface area contributed by atoms with Gasteiger partial charge in [-0.15, -0.1) is 5.92 Å². The van der Waals surface area contributed by atoms with Gasteiger partial charge in [0.1, 0.15) is 12.0 Å². The zero-order valence-corrected chi connectivity index (χ0v) is 10.4. The summed E-state index contributed by atoms with van der Waals surface area (Å²) >= 11 is 0. The van der Waals surface area contributed by atoms with Gasteiger partial charge in [0.15, 0.2) is 5.25 Å². The van der Waals surface area contributed by atoms with E-state index in [9.17, 15) is 16.8 Å². The van der Waals surface area contributed by atoms with Crippen LogP contribution in [0.15, 0.2) is 12.3 Å². The maximum Gasteiger partial charge on any atom is 0.324 e. The van der Waals surface area contributed by atoms with E-state index in [1.54, 1.807) is 0 Å². The van der Waals surface area contributed by atoms with Crippen LogP contribution in [0.1, 0.15) is 13.8 Å². The Morgan fingerprint density at radius 1 is 1.38 bits per heavy atom. The molecule has 0 aliphatic carbocycles. The van der Waals surface area contributed by atoms with Crippen LogP contribution in [0.3, 0.4) is 0 Å². The van der Waals surface area contributed by atoms with E-state index < -0.39 is 31.2 Å². The van der Waals surface area contributed by atoms with Gasteiger partial charge in [-0.05, 0) is 13.8 Å². The molecule has 0 fully saturated rings. The molecule has 0 heterocycles. The molecule has 1 N–H and O–H groups in total. The van der Waals surface area contributed by atoms with Crippen molar-refractivity contribution in [3.63, 3.8) is 0 Å². The van der Waals surface area contributed by atoms with E-state index >= 15 is 0 Å². The quantitative estimate of drug-likeness (QED) is 0.330. The topological polar surface area (TPSA) is 97.7 Å². The van der Waals surface area contributed by atoms with Crippen molar-refractivity contribution in [2.75, 3.05) is 5.75 Å². The molecule has 1 atom stereocenters. The molecule has 16 heavy (non-hydrogen) atoms. The number of rotatable bonds is 5. The lowest BCUT2D eigenvalue weighted by atomic mass is 10.5. The molecular weight excluding hydrogens is 256 g/mol. The van der Waals surface area contributed by atoms with Gasteiger partial charge in [-0.2, -0.15) is 16.8 Å². The van der Waals surface area contributed by atoms with Gasteiger partial charge in [0.05, 0.1) is 0 Å². The Balaban J connectivity index is 5.12. The molecule has 0 aromatic carbocycles. The van der Waals surface area contributed by atoms with E-state index in [1.165, 1.54) is 19.9 Å². The van der Waals surface area contributed by atoms with Crippen LogP contribution < -0.4 is 0 Å². The summed E-state index contributed by atoms with van der Waals surface area (Å²) in [5.74, 6) is 3.40. The molecular formula is C8H12O6S2. The fourth-order valence-corrected chi connectivity index (χ4v) is 3.06. The summed E-state index contributed by atoms with van der Waals surface area (Å²) in [6.45, 7) is 2.88. The van der Waals surface area contributed by atoms with Crippen LogP contribution in [0, 0.1) is 11.8 Å². The summed E-state index contributed by atoms with van der Waals surface area (Å²) in [5, 5.41) is -1.61. The third-order valence-electron chi connectivity index (χ3n) is 1.34. The Morgan fingerprint density at radius 2 is 1.94 bits per heavy atom. The second-order valence-corrected chi connectivity index (χ2v) is 5.93. The van der Waals surface area contributed by atoms with Gasteiger partial charge in [0.25, 0.3) is 10.1 Å². The van der Waals surface area contributed by atoms with Gasteiger partial charge in [0.2, 0.25) is 0 Å². The first-order chi connectivity index (χ1) is 7.23. The van der Waals surface area contributed by atoms with E-state index in [0.717, 1.165) is 6.26 Å². The lowest BCUT2D eigenvalue weighted by molar-refractivity contribution is 0.435. The van der Waals surface area contributed by atoms with Gasteiger partial charge in [-0.3, -0.25) is 4.55 Å². The fraction of sp³-hybridized carbons (Fsp3) is 0.500. The molecule has 0 aromatic rings. The molecule has 0 radical (unpaired) electrons. The van der Waals surface area contributed by atoms with Crippen molar-refractivity contribution in [1.82, 2.24) is 0 Å². The minimum atomic E-state index is -4.44. The smallest absolute Gasteiger partial charge is 0.324 e. The molecule has 0 saturated carbocycles. The van der Waals surface area contributed by atoms with Crippen molar-refractivity contribution in [2.24, 2.45) is 0 Å². The van der Waals surface area contributed by atoms with E-state index in [2.05, 4.69) is 16.0 Å². The summed E-state index contributed by atoms with van der Waals surface area (Å²) in [5.41, 5.74) is 0. The van der Waals surface area contributed by atoms with Crippen molar-refractivity contribution in [3.05, 3.63) is 12.3 Å². The van der Waals surface area contributed by atoms with Gasteiger partial charge in [0, 0.05) is 0 Å². The normalized spacial score (nSPS) is 14.2. The maximum absolute atomic E-state index is 11.4. The summed E-state index contributed by atoms with van der Waals surface area (Å²) in [6.07, 6.45) is 2.21. The van der Waals surface area contributed by atoms with E-state index in [0.29, 0.717) is 0 Å². The predicted octanol–water partition coefficient (Wildman–Crippen LogP) is 0.146. The van der Waals surface area contributed by atoms with Crippen LogP contribution >= 0.6 is 0 Å². The van der Waals surface area contributed by atoms with Crippen molar-refractivity contribution < 1.29 is 25.6 Å². The summed E-state index contributed by atoms with van der Waals surface area (Å²) in [7, 11) is -8.62. The van der Waals surface area contributed by atoms with Crippen LogP contribution in [0.4, 0.5) is 0 Å². The Morgan fingerprint density at radius 3 is 2.31 bits per heavy atom. The molecule has 0 bridgehead atoms. The second-order valence-electron chi connectivity index (χ2n) is 2.69. The van der Waals surface area contributed by atoms with Crippen molar-refractivity contribution >= 4 is 20.2 Å². The van der Waals surface area contributed by atoms with Crippen LogP contribution in [0.25, 0.3) is 0 Å². The largest absolute Gasteiger partial charge is 0.390 e. The predicted molar refractivity (Wildman–Crippen MR) is 58.5 cm³/mol. The molecule has 1 unspecified atom stereocenters. The molecule has 0 saturated heterocycles. The summed E-state index contributed by atoms with van der Waals surface area (Å²) < 4.78 is 56.9. The van der Waals surface area contributed by atoms with Crippen LogP contribution in [-0.4, -0.2) is 32.4 Å². The number of hydrogen-bond donors (Lipinski definition) is 1. The molecule has 0 amide bonds. The highest BCUT2D eigenvalue weighted by Crippen LogP contribution is 2.07. The van der Waals surface area contributed by atoms with Gasteiger partial charge in [-0.25, -0.2) is 0 Å². The maximum atomic E-state index is 11.4. The Labute approximate surface area is 95.2 Å². The highest BCUT2D eigenvalue weighted by Gasteiger charge is 2.29. The first-order valence-corrected chi connectivity index (χ1v) is 7.21. The fourth-order valence-electron chi connectivity index (χ4n) is 0.750. The van der Waals surface area contributed by atoms with Crippen LogP contribution in [0.5, 0.6) is 0 Å². The standard InChI is InChI=1S/C8H12O6S2/c1-3-5-8(7-15(9,10)11)16(12,13)14-6-4-2/h4,6,8H,7H2,1-2H3,(H,9,10,11). The van der Waals surface area contributed by atoms with E-state index in [-0.39, 0.29) is 0 Å². The Kier molecular flexibility index (Phi) is 5.50. The molecule has 0 aliphatic rings. The SMILES string of the molecule is CC#CC(CS(=O)(=O)O)S(=O)(=O)OC=CC. The molecule has 0 aromatic heterocycles. The van der Waals surface area contributed by atoms with Gasteiger partial charge < -0.3 is 4.18 Å².